The molecule has 1 aliphatic carbocycles. The Labute approximate surface area is 153 Å². The lowest BCUT2D eigenvalue weighted by molar-refractivity contribution is -0.991. The fraction of sp³-hybridized carbons (Fsp3) is 0.381. The Balaban J connectivity index is 1.68. The normalized spacial score (nSPS) is 27.1. The third-order valence-corrected chi connectivity index (χ3v) is 5.68. The van der Waals surface area contributed by atoms with Gasteiger partial charge in [0.25, 0.3) is 0 Å². The number of Topliss-reactive ketones (excluding diaryl/α,β-unsaturated/α-hetero) is 1. The predicted molar refractivity (Wildman–Crippen MR) is 98.2 cm³/mol. The van der Waals surface area contributed by atoms with Crippen molar-refractivity contribution in [3.05, 3.63) is 70.9 Å². The van der Waals surface area contributed by atoms with Crippen molar-refractivity contribution in [1.82, 2.24) is 4.90 Å². The second-order valence-electron chi connectivity index (χ2n) is 7.25. The number of benzene rings is 2. The van der Waals surface area contributed by atoms with Crippen LogP contribution in [0.25, 0.3) is 0 Å². The molecule has 1 saturated carbocycles. The maximum atomic E-state index is 13.1. The summed E-state index contributed by atoms with van der Waals surface area (Å²) in [6, 6.07) is 16.5. The topological polar surface area (TPSA) is 67.8 Å². The lowest BCUT2D eigenvalue weighted by Gasteiger charge is -2.24. The zero-order valence-electron chi connectivity index (χ0n) is 14.7. The van der Waals surface area contributed by atoms with Crippen LogP contribution in [0, 0.1) is 5.21 Å². The predicted octanol–water partition coefficient (Wildman–Crippen LogP) is 3.03. The lowest BCUT2D eigenvalue weighted by atomic mass is 9.95. The second kappa shape index (κ2) is 7.29. The SMILES string of the molecule is O=C(c1ccccc1)C1C(c2ccccc2[NH+]([O-])O)N1C1CCCCC1. The van der Waals surface area contributed by atoms with Crippen molar-refractivity contribution in [2.24, 2.45) is 0 Å². The van der Waals surface area contributed by atoms with Gasteiger partial charge in [-0.05, 0) is 12.8 Å². The highest BCUT2D eigenvalue weighted by Gasteiger charge is 2.57. The van der Waals surface area contributed by atoms with Crippen LogP contribution < -0.4 is 5.23 Å². The highest BCUT2D eigenvalue weighted by molar-refractivity contribution is 6.02. The van der Waals surface area contributed by atoms with E-state index in [0.29, 0.717) is 17.3 Å². The van der Waals surface area contributed by atoms with E-state index in [2.05, 4.69) is 4.90 Å². The summed E-state index contributed by atoms with van der Waals surface area (Å²) in [5.74, 6) is 0.0985. The van der Waals surface area contributed by atoms with Crippen molar-refractivity contribution in [3.8, 4) is 0 Å². The number of para-hydroxylation sites is 1. The number of carbonyl (C=O) groups excluding carboxylic acids is 1. The van der Waals surface area contributed by atoms with E-state index in [-0.39, 0.29) is 17.9 Å². The van der Waals surface area contributed by atoms with Gasteiger partial charge in [-0.15, -0.1) is 0 Å². The van der Waals surface area contributed by atoms with Crippen LogP contribution >= 0.6 is 0 Å². The summed E-state index contributed by atoms with van der Waals surface area (Å²) in [6.45, 7) is 0. The average molecular weight is 352 g/mol. The molecule has 136 valence electrons. The molecule has 26 heavy (non-hydrogen) atoms. The van der Waals surface area contributed by atoms with Crippen LogP contribution in [0.5, 0.6) is 0 Å². The van der Waals surface area contributed by atoms with E-state index in [9.17, 15) is 15.2 Å². The van der Waals surface area contributed by atoms with Crippen molar-refractivity contribution in [2.45, 2.75) is 50.2 Å². The molecule has 0 aromatic heterocycles. The Morgan fingerprint density at radius 3 is 2.35 bits per heavy atom. The van der Waals surface area contributed by atoms with Gasteiger partial charge in [0.1, 0.15) is 0 Å². The first-order chi connectivity index (χ1) is 12.7. The molecule has 5 heteroatoms. The van der Waals surface area contributed by atoms with Gasteiger partial charge in [0.05, 0.1) is 12.1 Å². The molecular weight excluding hydrogens is 328 g/mol. The Morgan fingerprint density at radius 1 is 1.00 bits per heavy atom. The number of nitrogens with zero attached hydrogens (tertiary/aromatic N) is 1. The van der Waals surface area contributed by atoms with Crippen LogP contribution in [0.3, 0.4) is 0 Å². The van der Waals surface area contributed by atoms with E-state index in [4.69, 9.17) is 0 Å². The van der Waals surface area contributed by atoms with Crippen LogP contribution in [0.2, 0.25) is 0 Å². The van der Waals surface area contributed by atoms with Gasteiger partial charge in [0.15, 0.2) is 11.5 Å². The van der Waals surface area contributed by atoms with Crippen LogP contribution in [-0.4, -0.2) is 28.0 Å². The third-order valence-electron chi connectivity index (χ3n) is 5.68. The van der Waals surface area contributed by atoms with Gasteiger partial charge in [-0.2, -0.15) is 5.23 Å². The molecule has 5 nitrogen and oxygen atoms in total. The molecule has 0 spiro atoms. The molecule has 1 saturated heterocycles. The van der Waals surface area contributed by atoms with E-state index in [1.807, 2.05) is 42.5 Å². The minimum atomic E-state index is -0.929. The van der Waals surface area contributed by atoms with Crippen molar-refractivity contribution in [2.75, 3.05) is 0 Å². The first-order valence-electron chi connectivity index (χ1n) is 9.37. The molecule has 2 aromatic carbocycles. The molecule has 0 radical (unpaired) electrons. The second-order valence-corrected chi connectivity index (χ2v) is 7.25. The van der Waals surface area contributed by atoms with Crippen LogP contribution in [0.15, 0.2) is 54.6 Å². The molecule has 4 atom stereocenters. The van der Waals surface area contributed by atoms with E-state index < -0.39 is 5.23 Å². The molecule has 1 heterocycles. The van der Waals surface area contributed by atoms with E-state index in [1.165, 1.54) is 19.3 Å². The van der Waals surface area contributed by atoms with Gasteiger partial charge in [-0.1, -0.05) is 67.8 Å². The molecule has 2 N–H and O–H groups in total. The minimum Gasteiger partial charge on any atom is -0.595 e. The van der Waals surface area contributed by atoms with Gasteiger partial charge in [-0.25, -0.2) is 5.21 Å². The van der Waals surface area contributed by atoms with Crippen LogP contribution in [-0.2, 0) is 0 Å². The van der Waals surface area contributed by atoms with Gasteiger partial charge in [-0.3, -0.25) is 9.69 Å². The number of hydrogen-bond acceptors (Lipinski definition) is 4. The monoisotopic (exact) mass is 352 g/mol. The van der Waals surface area contributed by atoms with Crippen molar-refractivity contribution in [1.29, 1.82) is 0 Å². The van der Waals surface area contributed by atoms with E-state index in [1.54, 1.807) is 12.1 Å². The first kappa shape index (κ1) is 17.4. The zero-order chi connectivity index (χ0) is 18.1. The largest absolute Gasteiger partial charge is 0.595 e. The number of ketones is 1. The van der Waals surface area contributed by atoms with E-state index in [0.717, 1.165) is 18.4 Å². The molecule has 1 aliphatic heterocycles. The van der Waals surface area contributed by atoms with Crippen molar-refractivity contribution < 1.29 is 15.2 Å². The zero-order valence-corrected chi connectivity index (χ0v) is 14.7. The average Bonchev–Trinajstić information content (AvgIpc) is 3.44. The van der Waals surface area contributed by atoms with Gasteiger partial charge >= 0.3 is 0 Å². The molecule has 0 amide bonds. The number of hydrogen-bond donors (Lipinski definition) is 2. The summed E-state index contributed by atoms with van der Waals surface area (Å²) >= 11 is 0. The van der Waals surface area contributed by atoms with Crippen LogP contribution in [0.1, 0.15) is 54.1 Å². The molecule has 2 aromatic rings. The summed E-state index contributed by atoms with van der Waals surface area (Å²) in [6.07, 6.45) is 5.79. The van der Waals surface area contributed by atoms with Gasteiger partial charge < -0.3 is 5.21 Å². The van der Waals surface area contributed by atoms with Crippen molar-refractivity contribution >= 4 is 11.5 Å². The summed E-state index contributed by atoms with van der Waals surface area (Å²) in [5, 5.41) is 20.3. The lowest BCUT2D eigenvalue weighted by Crippen LogP contribution is -2.99. The minimum absolute atomic E-state index is 0.0985. The summed E-state index contributed by atoms with van der Waals surface area (Å²) in [4.78, 5) is 15.4. The first-order valence-corrected chi connectivity index (χ1v) is 9.37. The Bertz CT molecular complexity index is 772. The number of nitrogens with one attached hydrogen (secondary N) is 1. The Hall–Kier alpha value is -2.05. The highest BCUT2D eigenvalue weighted by Crippen LogP contribution is 2.50. The fourth-order valence-corrected chi connectivity index (χ4v) is 4.41. The maximum Gasteiger partial charge on any atom is 0.181 e. The summed E-state index contributed by atoms with van der Waals surface area (Å²) < 4.78 is 0. The molecule has 2 aliphatic rings. The Morgan fingerprint density at radius 2 is 1.65 bits per heavy atom. The Kier molecular flexibility index (Phi) is 4.87. The standard InChI is InChI=1S/C21H24N2O3/c24-21(15-9-3-1-4-10-15)20-19(22(20)16-11-5-2-6-12-16)17-13-7-8-14-18(17)23(25)26/h1,3-4,7-10,13-14,16,19-20,23,25H,2,5-6,11-12H2. The van der Waals surface area contributed by atoms with Gasteiger partial charge in [0, 0.05) is 23.2 Å². The smallest absolute Gasteiger partial charge is 0.181 e. The van der Waals surface area contributed by atoms with E-state index >= 15 is 0 Å². The summed E-state index contributed by atoms with van der Waals surface area (Å²) in [7, 11) is 0. The number of carbonyl (C=O) groups is 1. The van der Waals surface area contributed by atoms with Crippen molar-refractivity contribution in [3.63, 3.8) is 0 Å². The fourth-order valence-electron chi connectivity index (χ4n) is 4.41. The number of quaternary nitrogens is 1. The molecular formula is C21H24N2O3. The third kappa shape index (κ3) is 3.19. The molecule has 4 unspecified atom stereocenters. The molecule has 2 fully saturated rings. The number of rotatable bonds is 5. The van der Waals surface area contributed by atoms with Crippen LogP contribution in [0.4, 0.5) is 5.69 Å². The quantitative estimate of drug-likeness (QED) is 0.493. The molecule has 4 rings (SSSR count). The maximum absolute atomic E-state index is 13.1. The highest BCUT2D eigenvalue weighted by atomic mass is 16.8. The molecule has 0 bridgehead atoms. The summed E-state index contributed by atoms with van der Waals surface area (Å²) in [5.41, 5.74) is 1.77. The van der Waals surface area contributed by atoms with Gasteiger partial charge in [0.2, 0.25) is 0 Å².